The van der Waals surface area contributed by atoms with Gasteiger partial charge in [0, 0.05) is 29.9 Å². The van der Waals surface area contributed by atoms with E-state index in [1.165, 1.54) is 17.1 Å². The Bertz CT molecular complexity index is 698. The Morgan fingerprint density at radius 2 is 2.24 bits per heavy atom. The molecule has 8 heteroatoms. The maximum Gasteiger partial charge on any atom is 0.265 e. The van der Waals surface area contributed by atoms with Crippen LogP contribution in [0.15, 0.2) is 46.5 Å². The largest absolute Gasteiger partial charge is 0.396 e. The highest BCUT2D eigenvalue weighted by Gasteiger charge is 2.16. The minimum Gasteiger partial charge on any atom is -0.396 e. The molecule has 0 unspecified atom stereocenters. The van der Waals surface area contributed by atoms with Gasteiger partial charge < -0.3 is 5.11 Å². The number of sulfonamides is 1. The predicted octanol–water partition coefficient (Wildman–Crippen LogP) is 1.79. The summed E-state index contributed by atoms with van der Waals surface area (Å²) in [6, 6.07) is 7.19. The minimum absolute atomic E-state index is 0.0433. The van der Waals surface area contributed by atoms with E-state index in [-0.39, 0.29) is 11.5 Å². The van der Waals surface area contributed by atoms with Crippen LogP contribution in [0.1, 0.15) is 6.42 Å². The Labute approximate surface area is 128 Å². The van der Waals surface area contributed by atoms with Gasteiger partial charge in [-0.1, -0.05) is 6.07 Å². The smallest absolute Gasteiger partial charge is 0.265 e. The zero-order valence-corrected chi connectivity index (χ0v) is 13.2. The fourth-order valence-corrected chi connectivity index (χ4v) is 3.20. The summed E-state index contributed by atoms with van der Waals surface area (Å²) in [6.45, 7) is 0.523. The van der Waals surface area contributed by atoms with Crippen molar-refractivity contribution in [2.45, 2.75) is 22.8 Å². The molecule has 0 spiro atoms. The molecule has 0 radical (unpaired) electrons. The van der Waals surface area contributed by atoms with Crippen molar-refractivity contribution in [2.24, 2.45) is 0 Å². The molecule has 0 bridgehead atoms. The highest BCUT2D eigenvalue weighted by Crippen LogP contribution is 2.21. The van der Waals surface area contributed by atoms with Gasteiger partial charge in [0.1, 0.15) is 4.90 Å². The molecule has 1 aromatic heterocycles. The highest BCUT2D eigenvalue weighted by atomic mass is 32.2. The summed E-state index contributed by atoms with van der Waals surface area (Å²) in [6.07, 6.45) is 5.22. The van der Waals surface area contributed by atoms with Gasteiger partial charge >= 0.3 is 0 Å². The lowest BCUT2D eigenvalue weighted by Crippen LogP contribution is -2.12. The summed E-state index contributed by atoms with van der Waals surface area (Å²) in [5.41, 5.74) is 0.518. The molecule has 1 heterocycles. The molecule has 0 saturated heterocycles. The standard InChI is InChI=1S/C13H17N3O3S2/c1-20-12-5-2-4-11(8-12)15-21(18,19)13-9-14-16(10-13)6-3-7-17/h2,4-5,8-10,15,17H,3,6-7H2,1H3. The number of thioether (sulfide) groups is 1. The van der Waals surface area contributed by atoms with Gasteiger partial charge in [-0.15, -0.1) is 11.8 Å². The van der Waals surface area contributed by atoms with Gasteiger partial charge in [0.05, 0.1) is 6.20 Å². The molecule has 2 rings (SSSR count). The number of hydrogen-bond acceptors (Lipinski definition) is 5. The SMILES string of the molecule is CSc1cccc(NS(=O)(=O)c2cnn(CCCO)c2)c1. The molecule has 1 aromatic carbocycles. The number of aliphatic hydroxyl groups is 1. The number of aliphatic hydroxyl groups excluding tert-OH is 1. The van der Waals surface area contributed by atoms with Crippen molar-refractivity contribution in [3.63, 3.8) is 0 Å². The van der Waals surface area contributed by atoms with Crippen LogP contribution in [0, 0.1) is 0 Å². The monoisotopic (exact) mass is 327 g/mol. The van der Waals surface area contributed by atoms with Crippen LogP contribution >= 0.6 is 11.8 Å². The summed E-state index contributed by atoms with van der Waals surface area (Å²) < 4.78 is 28.6. The van der Waals surface area contributed by atoms with E-state index in [4.69, 9.17) is 5.11 Å². The third-order valence-corrected chi connectivity index (χ3v) is 4.85. The van der Waals surface area contributed by atoms with Crippen molar-refractivity contribution in [1.82, 2.24) is 9.78 Å². The first-order chi connectivity index (χ1) is 10.0. The second kappa shape index (κ2) is 6.97. The van der Waals surface area contributed by atoms with Crippen LogP contribution in [0.4, 0.5) is 5.69 Å². The average molecular weight is 327 g/mol. The van der Waals surface area contributed by atoms with Crippen molar-refractivity contribution < 1.29 is 13.5 Å². The number of aryl methyl sites for hydroxylation is 1. The van der Waals surface area contributed by atoms with E-state index in [2.05, 4.69) is 9.82 Å². The van der Waals surface area contributed by atoms with E-state index >= 15 is 0 Å². The van der Waals surface area contributed by atoms with E-state index in [1.54, 1.807) is 30.0 Å². The second-order valence-electron chi connectivity index (χ2n) is 4.35. The predicted molar refractivity (Wildman–Crippen MR) is 83.0 cm³/mol. The lowest BCUT2D eigenvalue weighted by atomic mass is 10.3. The molecular formula is C13H17N3O3S2. The maximum atomic E-state index is 12.3. The second-order valence-corrected chi connectivity index (χ2v) is 6.92. The molecule has 114 valence electrons. The molecule has 21 heavy (non-hydrogen) atoms. The van der Waals surface area contributed by atoms with E-state index in [0.717, 1.165) is 4.90 Å². The van der Waals surface area contributed by atoms with Gasteiger partial charge in [0.15, 0.2) is 0 Å². The molecule has 2 N–H and O–H groups in total. The van der Waals surface area contributed by atoms with Crippen molar-refractivity contribution in [3.8, 4) is 0 Å². The Hall–Kier alpha value is -1.51. The fourth-order valence-electron chi connectivity index (χ4n) is 1.74. The van der Waals surface area contributed by atoms with Crippen LogP contribution in [0.5, 0.6) is 0 Å². The van der Waals surface area contributed by atoms with Crippen LogP contribution in [-0.4, -0.2) is 36.2 Å². The highest BCUT2D eigenvalue weighted by molar-refractivity contribution is 7.98. The maximum absolute atomic E-state index is 12.3. The molecule has 0 saturated carbocycles. The Balaban J connectivity index is 2.15. The van der Waals surface area contributed by atoms with Gasteiger partial charge in [-0.05, 0) is 30.9 Å². The number of hydrogen-bond donors (Lipinski definition) is 2. The molecular weight excluding hydrogens is 310 g/mol. The van der Waals surface area contributed by atoms with Crippen molar-refractivity contribution in [1.29, 1.82) is 0 Å². The van der Waals surface area contributed by atoms with Gasteiger partial charge in [-0.3, -0.25) is 9.40 Å². The zero-order valence-electron chi connectivity index (χ0n) is 11.6. The zero-order chi connectivity index (χ0) is 15.3. The Morgan fingerprint density at radius 1 is 1.43 bits per heavy atom. The number of rotatable bonds is 7. The Morgan fingerprint density at radius 3 is 2.95 bits per heavy atom. The van der Waals surface area contributed by atoms with Gasteiger partial charge in [-0.25, -0.2) is 8.42 Å². The van der Waals surface area contributed by atoms with Crippen LogP contribution < -0.4 is 4.72 Å². The lowest BCUT2D eigenvalue weighted by Gasteiger charge is -2.07. The van der Waals surface area contributed by atoms with Crippen LogP contribution in [0.25, 0.3) is 0 Å². The first-order valence-corrected chi connectivity index (χ1v) is 9.06. The minimum atomic E-state index is -3.65. The molecule has 0 aliphatic rings. The van der Waals surface area contributed by atoms with E-state index in [0.29, 0.717) is 18.7 Å². The van der Waals surface area contributed by atoms with Crippen molar-refractivity contribution >= 4 is 27.5 Å². The number of aromatic nitrogens is 2. The van der Waals surface area contributed by atoms with Gasteiger partial charge in [0.25, 0.3) is 10.0 Å². The first-order valence-electron chi connectivity index (χ1n) is 6.35. The molecule has 0 fully saturated rings. The number of nitrogens with zero attached hydrogens (tertiary/aromatic N) is 2. The number of nitrogens with one attached hydrogen (secondary N) is 1. The van der Waals surface area contributed by atoms with E-state index in [9.17, 15) is 8.42 Å². The molecule has 0 aliphatic carbocycles. The molecule has 2 aromatic rings. The van der Waals surface area contributed by atoms with E-state index in [1.807, 2.05) is 12.3 Å². The van der Waals surface area contributed by atoms with E-state index < -0.39 is 10.0 Å². The topological polar surface area (TPSA) is 84.2 Å². The van der Waals surface area contributed by atoms with Gasteiger partial charge in [0.2, 0.25) is 0 Å². The van der Waals surface area contributed by atoms with Crippen molar-refractivity contribution in [3.05, 3.63) is 36.7 Å². The quantitative estimate of drug-likeness (QED) is 0.758. The molecule has 0 aliphatic heterocycles. The summed E-state index contributed by atoms with van der Waals surface area (Å²) in [7, 11) is -3.65. The Kier molecular flexibility index (Phi) is 5.27. The summed E-state index contributed by atoms with van der Waals surface area (Å²) in [5, 5.41) is 12.7. The van der Waals surface area contributed by atoms with Crippen LogP contribution in [0.2, 0.25) is 0 Å². The third kappa shape index (κ3) is 4.23. The molecule has 6 nitrogen and oxygen atoms in total. The normalized spacial score (nSPS) is 11.5. The van der Waals surface area contributed by atoms with Crippen LogP contribution in [-0.2, 0) is 16.6 Å². The fraction of sp³-hybridized carbons (Fsp3) is 0.308. The summed E-state index contributed by atoms with van der Waals surface area (Å²) in [5.74, 6) is 0. The summed E-state index contributed by atoms with van der Waals surface area (Å²) in [4.78, 5) is 1.09. The molecule has 0 amide bonds. The molecule has 0 atom stereocenters. The third-order valence-electron chi connectivity index (χ3n) is 2.79. The first kappa shape index (κ1) is 15.9. The summed E-state index contributed by atoms with van der Waals surface area (Å²) >= 11 is 1.54. The van der Waals surface area contributed by atoms with Gasteiger partial charge in [-0.2, -0.15) is 5.10 Å². The van der Waals surface area contributed by atoms with Crippen molar-refractivity contribution in [2.75, 3.05) is 17.6 Å². The average Bonchev–Trinajstić information content (AvgIpc) is 2.94. The number of benzene rings is 1. The number of anilines is 1. The van der Waals surface area contributed by atoms with Crippen LogP contribution in [0.3, 0.4) is 0 Å². The lowest BCUT2D eigenvalue weighted by molar-refractivity contribution is 0.277.